The van der Waals surface area contributed by atoms with E-state index in [2.05, 4.69) is 34.1 Å². The summed E-state index contributed by atoms with van der Waals surface area (Å²) in [6.07, 6.45) is 2.08. The predicted molar refractivity (Wildman–Crippen MR) is 105 cm³/mol. The molecule has 0 unspecified atom stereocenters. The second-order valence-corrected chi connectivity index (χ2v) is 7.13. The quantitative estimate of drug-likeness (QED) is 0.586. The molecule has 0 radical (unpaired) electrons. The largest absolute Gasteiger partial charge is 0.494 e. The second-order valence-electron chi connectivity index (χ2n) is 7.13. The molecule has 2 aromatic carbocycles. The minimum absolute atomic E-state index is 0.327. The zero-order chi connectivity index (χ0) is 18.5. The summed E-state index contributed by atoms with van der Waals surface area (Å²) in [7, 11) is 0. The van der Waals surface area contributed by atoms with Crippen LogP contribution in [0.2, 0.25) is 0 Å². The predicted octanol–water partition coefficient (Wildman–Crippen LogP) is 4.30. The smallest absolute Gasteiger partial charge is 0.231 e. The van der Waals surface area contributed by atoms with Gasteiger partial charge >= 0.3 is 0 Å². The summed E-state index contributed by atoms with van der Waals surface area (Å²) >= 11 is 0. The van der Waals surface area contributed by atoms with Crippen LogP contribution >= 0.6 is 0 Å². The summed E-state index contributed by atoms with van der Waals surface area (Å²) in [5.41, 5.74) is 2.22. The fourth-order valence-electron chi connectivity index (χ4n) is 3.53. The van der Waals surface area contributed by atoms with E-state index in [1.165, 1.54) is 5.56 Å². The van der Waals surface area contributed by atoms with Crippen molar-refractivity contribution in [1.29, 1.82) is 0 Å². The number of ether oxygens (including phenoxy) is 1. The van der Waals surface area contributed by atoms with Gasteiger partial charge in [0.1, 0.15) is 5.75 Å². The summed E-state index contributed by atoms with van der Waals surface area (Å²) in [5, 5.41) is 4.15. The molecule has 0 aliphatic carbocycles. The molecule has 1 fully saturated rings. The molecule has 3 aromatic rings. The highest BCUT2D eigenvalue weighted by Crippen LogP contribution is 2.27. The lowest BCUT2D eigenvalue weighted by Gasteiger charge is -2.15. The molecule has 0 amide bonds. The molecule has 0 bridgehead atoms. The van der Waals surface area contributed by atoms with E-state index in [0.717, 1.165) is 56.3 Å². The molecule has 2 heterocycles. The maximum absolute atomic E-state index is 5.84. The molecule has 5 heteroatoms. The van der Waals surface area contributed by atoms with E-state index in [1.807, 2.05) is 42.5 Å². The molecule has 0 spiro atoms. The normalized spacial score (nSPS) is 17.3. The second kappa shape index (κ2) is 8.35. The van der Waals surface area contributed by atoms with Crippen LogP contribution in [0.3, 0.4) is 0 Å². The van der Waals surface area contributed by atoms with Crippen LogP contribution in [0.5, 0.6) is 5.75 Å². The Morgan fingerprint density at radius 2 is 2.04 bits per heavy atom. The van der Waals surface area contributed by atoms with Crippen molar-refractivity contribution in [3.05, 3.63) is 66.1 Å². The van der Waals surface area contributed by atoms with Crippen LogP contribution in [0.4, 0.5) is 0 Å². The molecule has 1 saturated heterocycles. The van der Waals surface area contributed by atoms with E-state index < -0.39 is 0 Å². The summed E-state index contributed by atoms with van der Waals surface area (Å²) in [5.74, 6) is 2.71. The SMILES string of the molecule is Cc1cccc(OCCCN2CC[C@@H](c3nc(-c4ccccc4)no3)C2)c1. The van der Waals surface area contributed by atoms with Crippen molar-refractivity contribution in [2.24, 2.45) is 0 Å². The van der Waals surface area contributed by atoms with Crippen LogP contribution in [0.1, 0.15) is 30.2 Å². The Bertz CT molecular complexity index is 863. The van der Waals surface area contributed by atoms with Gasteiger partial charge in [0, 0.05) is 18.7 Å². The highest BCUT2D eigenvalue weighted by Gasteiger charge is 2.28. The van der Waals surface area contributed by atoms with Gasteiger partial charge in [-0.1, -0.05) is 47.6 Å². The number of likely N-dealkylation sites (tertiary alicyclic amines) is 1. The lowest BCUT2D eigenvalue weighted by molar-refractivity contribution is 0.258. The molecule has 1 aromatic heterocycles. The van der Waals surface area contributed by atoms with Gasteiger partial charge in [-0.05, 0) is 44.0 Å². The van der Waals surface area contributed by atoms with Crippen LogP contribution < -0.4 is 4.74 Å². The van der Waals surface area contributed by atoms with Crippen molar-refractivity contribution in [1.82, 2.24) is 15.0 Å². The third-order valence-electron chi connectivity index (χ3n) is 4.97. The van der Waals surface area contributed by atoms with E-state index >= 15 is 0 Å². The number of nitrogens with zero attached hydrogens (tertiary/aromatic N) is 3. The van der Waals surface area contributed by atoms with Crippen molar-refractivity contribution < 1.29 is 9.26 Å². The zero-order valence-corrected chi connectivity index (χ0v) is 15.7. The monoisotopic (exact) mass is 363 g/mol. The summed E-state index contributed by atoms with van der Waals surface area (Å²) in [6.45, 7) is 5.89. The van der Waals surface area contributed by atoms with Crippen molar-refractivity contribution in [3.63, 3.8) is 0 Å². The van der Waals surface area contributed by atoms with E-state index in [0.29, 0.717) is 11.7 Å². The molecule has 27 heavy (non-hydrogen) atoms. The maximum atomic E-state index is 5.84. The minimum Gasteiger partial charge on any atom is -0.494 e. The van der Waals surface area contributed by atoms with Gasteiger partial charge in [-0.2, -0.15) is 4.98 Å². The molecular formula is C22H25N3O2. The summed E-state index contributed by atoms with van der Waals surface area (Å²) < 4.78 is 11.4. The van der Waals surface area contributed by atoms with E-state index in [1.54, 1.807) is 0 Å². The fourth-order valence-corrected chi connectivity index (χ4v) is 3.53. The number of aromatic nitrogens is 2. The first kappa shape index (κ1) is 17.7. The zero-order valence-electron chi connectivity index (χ0n) is 15.7. The number of hydrogen-bond acceptors (Lipinski definition) is 5. The van der Waals surface area contributed by atoms with E-state index in [-0.39, 0.29) is 0 Å². The first-order chi connectivity index (χ1) is 13.3. The molecule has 5 nitrogen and oxygen atoms in total. The van der Waals surface area contributed by atoms with Crippen LogP contribution in [0.25, 0.3) is 11.4 Å². The van der Waals surface area contributed by atoms with Crippen molar-refractivity contribution >= 4 is 0 Å². The van der Waals surface area contributed by atoms with Crippen LogP contribution in [-0.4, -0.2) is 41.3 Å². The molecule has 1 aliphatic rings. The first-order valence-electron chi connectivity index (χ1n) is 9.59. The lowest BCUT2D eigenvalue weighted by atomic mass is 10.1. The number of hydrogen-bond donors (Lipinski definition) is 0. The van der Waals surface area contributed by atoms with E-state index in [4.69, 9.17) is 9.26 Å². The molecule has 140 valence electrons. The fraction of sp³-hybridized carbons (Fsp3) is 0.364. The van der Waals surface area contributed by atoms with Crippen molar-refractivity contribution in [3.8, 4) is 17.1 Å². The summed E-state index contributed by atoms with van der Waals surface area (Å²) in [6, 6.07) is 18.2. The molecule has 0 N–H and O–H groups in total. The Hall–Kier alpha value is -2.66. The average Bonchev–Trinajstić information content (AvgIpc) is 3.36. The van der Waals surface area contributed by atoms with Crippen molar-refractivity contribution in [2.75, 3.05) is 26.2 Å². The number of aryl methyl sites for hydroxylation is 1. The lowest BCUT2D eigenvalue weighted by Crippen LogP contribution is -2.23. The average molecular weight is 363 g/mol. The molecular weight excluding hydrogens is 338 g/mol. The van der Waals surface area contributed by atoms with Gasteiger partial charge in [-0.15, -0.1) is 0 Å². The van der Waals surface area contributed by atoms with Crippen LogP contribution in [0.15, 0.2) is 59.1 Å². The van der Waals surface area contributed by atoms with Crippen LogP contribution in [0, 0.1) is 6.92 Å². The minimum atomic E-state index is 0.327. The third kappa shape index (κ3) is 4.55. The van der Waals surface area contributed by atoms with Crippen molar-refractivity contribution in [2.45, 2.75) is 25.7 Å². The Balaban J connectivity index is 1.24. The molecule has 0 saturated carbocycles. The van der Waals surface area contributed by atoms with Gasteiger partial charge in [-0.3, -0.25) is 0 Å². The van der Waals surface area contributed by atoms with Gasteiger partial charge in [0.15, 0.2) is 0 Å². The highest BCUT2D eigenvalue weighted by molar-refractivity contribution is 5.53. The third-order valence-corrected chi connectivity index (χ3v) is 4.97. The maximum Gasteiger partial charge on any atom is 0.231 e. The Kier molecular flexibility index (Phi) is 5.49. The molecule has 4 rings (SSSR count). The van der Waals surface area contributed by atoms with Crippen LogP contribution in [-0.2, 0) is 0 Å². The van der Waals surface area contributed by atoms with Gasteiger partial charge in [0.25, 0.3) is 0 Å². The first-order valence-corrected chi connectivity index (χ1v) is 9.59. The van der Waals surface area contributed by atoms with Gasteiger partial charge < -0.3 is 14.2 Å². The van der Waals surface area contributed by atoms with Gasteiger partial charge in [0.2, 0.25) is 11.7 Å². The van der Waals surface area contributed by atoms with Gasteiger partial charge in [-0.25, -0.2) is 0 Å². The Labute approximate surface area is 160 Å². The van der Waals surface area contributed by atoms with Gasteiger partial charge in [0.05, 0.1) is 12.5 Å². The summed E-state index contributed by atoms with van der Waals surface area (Å²) in [4.78, 5) is 7.07. The standard InChI is InChI=1S/C22H25N3O2/c1-17-7-5-10-20(15-17)26-14-6-12-25-13-11-19(16-25)22-23-21(24-27-22)18-8-3-2-4-9-18/h2-5,7-10,15,19H,6,11-14,16H2,1H3/t19-/m1/s1. The Morgan fingerprint density at radius 3 is 2.89 bits per heavy atom. The topological polar surface area (TPSA) is 51.4 Å². The highest BCUT2D eigenvalue weighted by atomic mass is 16.5. The van der Waals surface area contributed by atoms with E-state index in [9.17, 15) is 0 Å². The molecule has 1 atom stereocenters. The Morgan fingerprint density at radius 1 is 1.15 bits per heavy atom. The number of benzene rings is 2. The number of rotatable bonds is 7. The molecule has 1 aliphatic heterocycles.